The average Bonchev–Trinajstić information content (AvgIpc) is 2.41. The van der Waals surface area contributed by atoms with Crippen LogP contribution in [-0.4, -0.2) is 34.3 Å². The Hall–Kier alpha value is -1.59. The summed E-state index contributed by atoms with van der Waals surface area (Å²) in [5.74, 6) is 0.0140. The van der Waals surface area contributed by atoms with Gasteiger partial charge in [-0.2, -0.15) is 0 Å². The van der Waals surface area contributed by atoms with E-state index in [-0.39, 0.29) is 23.8 Å². The Morgan fingerprint density at radius 3 is 2.70 bits per heavy atom. The van der Waals surface area contributed by atoms with Gasteiger partial charge in [-0.1, -0.05) is 12.1 Å². The average molecular weight is 278 g/mol. The van der Waals surface area contributed by atoms with Crippen LogP contribution in [0, 0.1) is 0 Å². The Morgan fingerprint density at radius 1 is 1.35 bits per heavy atom. The molecule has 0 aliphatic heterocycles. The largest absolute Gasteiger partial charge is 0.508 e. The summed E-state index contributed by atoms with van der Waals surface area (Å²) in [6, 6.07) is 6.09. The zero-order chi connectivity index (χ0) is 14.5. The van der Waals surface area contributed by atoms with Gasteiger partial charge in [0.1, 0.15) is 5.75 Å². The number of benzene rings is 1. The predicted molar refractivity (Wildman–Crippen MR) is 76.2 cm³/mol. The van der Waals surface area contributed by atoms with Crippen molar-refractivity contribution in [1.82, 2.24) is 5.32 Å². The van der Waals surface area contributed by atoms with Gasteiger partial charge in [0.2, 0.25) is 5.91 Å². The van der Waals surface area contributed by atoms with Crippen molar-refractivity contribution < 1.29 is 15.0 Å². The fraction of sp³-hybridized carbons (Fsp3) is 0.533. The maximum absolute atomic E-state index is 12.0. The molecule has 0 radical (unpaired) electrons. The van der Waals surface area contributed by atoms with Gasteiger partial charge in [0.05, 0.1) is 12.1 Å². The molecule has 1 amide bonds. The van der Waals surface area contributed by atoms with Crippen molar-refractivity contribution >= 4 is 5.91 Å². The highest BCUT2D eigenvalue weighted by Gasteiger charge is 2.23. The van der Waals surface area contributed by atoms with Crippen molar-refractivity contribution in [1.29, 1.82) is 0 Å². The first-order valence-corrected chi connectivity index (χ1v) is 7.06. The number of aliphatic hydroxyl groups excluding tert-OH is 1. The van der Waals surface area contributed by atoms with Gasteiger partial charge in [0.15, 0.2) is 0 Å². The summed E-state index contributed by atoms with van der Waals surface area (Å²) in [6.07, 6.45) is 3.36. The Balaban J connectivity index is 1.83. The maximum atomic E-state index is 12.0. The van der Waals surface area contributed by atoms with Crippen LogP contribution in [0.2, 0.25) is 0 Å². The third kappa shape index (κ3) is 4.21. The molecule has 0 spiro atoms. The molecule has 0 saturated heterocycles. The van der Waals surface area contributed by atoms with Gasteiger partial charge >= 0.3 is 0 Å². The van der Waals surface area contributed by atoms with Crippen molar-refractivity contribution in [3.8, 4) is 5.75 Å². The number of carbonyl (C=O) groups excluding carboxylic acids is 1. The molecule has 1 aliphatic rings. The second kappa shape index (κ2) is 6.72. The number of aromatic hydroxyl groups is 1. The fourth-order valence-electron chi connectivity index (χ4n) is 2.58. The van der Waals surface area contributed by atoms with Crippen molar-refractivity contribution in [3.05, 3.63) is 29.8 Å². The second-order valence-electron chi connectivity index (χ2n) is 5.50. The van der Waals surface area contributed by atoms with Crippen LogP contribution < -0.4 is 11.1 Å². The Bertz CT molecular complexity index is 447. The lowest BCUT2D eigenvalue weighted by molar-refractivity contribution is -0.123. The lowest BCUT2D eigenvalue weighted by Gasteiger charge is -2.27. The number of phenols is 1. The zero-order valence-electron chi connectivity index (χ0n) is 11.5. The Morgan fingerprint density at radius 2 is 2.05 bits per heavy atom. The third-order valence-electron chi connectivity index (χ3n) is 3.72. The standard InChI is InChI=1S/C15H22N2O3/c16-14(8-10-4-6-12(18)7-5-10)15(20)17-11-2-1-3-13(19)9-11/h4-7,11,13-14,18-19H,1-3,8-9,16H2,(H,17,20)/t11?,13?,14-/m1/s1. The van der Waals surface area contributed by atoms with Gasteiger partial charge in [-0.25, -0.2) is 0 Å². The summed E-state index contributed by atoms with van der Waals surface area (Å²) in [5, 5.41) is 21.7. The molecule has 1 saturated carbocycles. The number of amides is 1. The van der Waals surface area contributed by atoms with E-state index in [9.17, 15) is 15.0 Å². The molecule has 0 heterocycles. The van der Waals surface area contributed by atoms with E-state index in [1.165, 1.54) is 0 Å². The number of phenolic OH excluding ortho intramolecular Hbond substituents is 1. The molecular weight excluding hydrogens is 256 g/mol. The molecule has 5 heteroatoms. The molecule has 20 heavy (non-hydrogen) atoms. The highest BCUT2D eigenvalue weighted by molar-refractivity contribution is 5.82. The summed E-state index contributed by atoms with van der Waals surface area (Å²) in [4.78, 5) is 12.0. The van der Waals surface area contributed by atoms with Gasteiger partial charge < -0.3 is 21.3 Å². The van der Waals surface area contributed by atoms with E-state index in [2.05, 4.69) is 5.32 Å². The van der Waals surface area contributed by atoms with Crippen molar-refractivity contribution in [2.24, 2.45) is 5.73 Å². The molecule has 0 aromatic heterocycles. The second-order valence-corrected chi connectivity index (χ2v) is 5.50. The summed E-state index contributed by atoms with van der Waals surface area (Å²) in [7, 11) is 0. The molecule has 0 bridgehead atoms. The Labute approximate surface area is 118 Å². The van der Waals surface area contributed by atoms with Crippen LogP contribution in [-0.2, 0) is 11.2 Å². The third-order valence-corrected chi connectivity index (χ3v) is 3.72. The van der Waals surface area contributed by atoms with E-state index in [0.29, 0.717) is 12.8 Å². The highest BCUT2D eigenvalue weighted by Crippen LogP contribution is 2.18. The van der Waals surface area contributed by atoms with Gasteiger partial charge in [0.25, 0.3) is 0 Å². The van der Waals surface area contributed by atoms with E-state index in [0.717, 1.165) is 24.8 Å². The number of rotatable bonds is 4. The molecule has 1 aliphatic carbocycles. The van der Waals surface area contributed by atoms with Crippen molar-refractivity contribution in [2.75, 3.05) is 0 Å². The number of carbonyl (C=O) groups is 1. The normalized spacial score (nSPS) is 24.1. The van der Waals surface area contributed by atoms with Crippen LogP contribution in [0.15, 0.2) is 24.3 Å². The molecule has 2 unspecified atom stereocenters. The lowest BCUT2D eigenvalue weighted by Crippen LogP contribution is -2.48. The van der Waals surface area contributed by atoms with Gasteiger partial charge in [0, 0.05) is 6.04 Å². The van der Waals surface area contributed by atoms with Crippen LogP contribution in [0.25, 0.3) is 0 Å². The van der Waals surface area contributed by atoms with Crippen LogP contribution in [0.5, 0.6) is 5.75 Å². The van der Waals surface area contributed by atoms with E-state index < -0.39 is 6.04 Å². The first kappa shape index (κ1) is 14.8. The van der Waals surface area contributed by atoms with Gasteiger partial charge in [-0.3, -0.25) is 4.79 Å². The monoisotopic (exact) mass is 278 g/mol. The smallest absolute Gasteiger partial charge is 0.237 e. The van der Waals surface area contributed by atoms with Crippen LogP contribution >= 0.6 is 0 Å². The van der Waals surface area contributed by atoms with Crippen LogP contribution in [0.3, 0.4) is 0 Å². The minimum Gasteiger partial charge on any atom is -0.508 e. The highest BCUT2D eigenvalue weighted by atomic mass is 16.3. The lowest BCUT2D eigenvalue weighted by atomic mass is 9.92. The first-order chi connectivity index (χ1) is 9.54. The quantitative estimate of drug-likeness (QED) is 0.651. The summed E-state index contributed by atoms with van der Waals surface area (Å²) < 4.78 is 0. The number of nitrogens with two attached hydrogens (primary N) is 1. The molecule has 5 N–H and O–H groups in total. The topological polar surface area (TPSA) is 95.6 Å². The zero-order valence-corrected chi connectivity index (χ0v) is 11.5. The number of aliphatic hydroxyl groups is 1. The van der Waals surface area contributed by atoms with E-state index in [1.807, 2.05) is 0 Å². The molecule has 110 valence electrons. The minimum absolute atomic E-state index is 0.0251. The molecule has 1 aromatic rings. The summed E-state index contributed by atoms with van der Waals surface area (Å²) in [5.41, 5.74) is 6.81. The predicted octanol–water partition coefficient (Wildman–Crippen LogP) is 0.682. The fourth-order valence-corrected chi connectivity index (χ4v) is 2.58. The van der Waals surface area contributed by atoms with Crippen molar-refractivity contribution in [2.45, 2.75) is 50.3 Å². The van der Waals surface area contributed by atoms with Crippen LogP contribution in [0.1, 0.15) is 31.2 Å². The number of hydrogen-bond donors (Lipinski definition) is 4. The van der Waals surface area contributed by atoms with Crippen LogP contribution in [0.4, 0.5) is 0 Å². The van der Waals surface area contributed by atoms with Crippen molar-refractivity contribution in [3.63, 3.8) is 0 Å². The van der Waals surface area contributed by atoms with E-state index >= 15 is 0 Å². The Kier molecular flexibility index (Phi) is 4.98. The molecule has 1 fully saturated rings. The molecule has 2 rings (SSSR count). The van der Waals surface area contributed by atoms with E-state index in [1.54, 1.807) is 24.3 Å². The summed E-state index contributed by atoms with van der Waals surface area (Å²) in [6.45, 7) is 0. The summed E-state index contributed by atoms with van der Waals surface area (Å²) >= 11 is 0. The van der Waals surface area contributed by atoms with E-state index in [4.69, 9.17) is 5.73 Å². The molecular formula is C15H22N2O3. The molecule has 3 atom stereocenters. The molecule has 5 nitrogen and oxygen atoms in total. The first-order valence-electron chi connectivity index (χ1n) is 7.06. The minimum atomic E-state index is -0.612. The number of nitrogens with one attached hydrogen (secondary N) is 1. The van der Waals surface area contributed by atoms with Gasteiger partial charge in [-0.05, 0) is 49.8 Å². The SMILES string of the molecule is N[C@H](Cc1ccc(O)cc1)C(=O)NC1CCCC(O)C1. The molecule has 1 aromatic carbocycles. The van der Waals surface area contributed by atoms with Gasteiger partial charge in [-0.15, -0.1) is 0 Å². The number of hydrogen-bond acceptors (Lipinski definition) is 4. The maximum Gasteiger partial charge on any atom is 0.237 e.